The molecule has 0 spiro atoms. The van der Waals surface area contributed by atoms with E-state index in [1.807, 2.05) is 19.1 Å². The number of amides is 7. The molecule has 9 atom stereocenters. The van der Waals surface area contributed by atoms with E-state index in [9.17, 15) is 38.7 Å². The van der Waals surface area contributed by atoms with Crippen LogP contribution in [0.3, 0.4) is 0 Å². The number of carbonyl (C=O) groups excluding carboxylic acids is 7. The highest BCUT2D eigenvalue weighted by atomic mass is 16.7. The number of nitrogens with two attached hydrogens (primary N) is 3. The van der Waals surface area contributed by atoms with Crippen LogP contribution >= 0.6 is 0 Å². The van der Waals surface area contributed by atoms with Crippen LogP contribution in [0.25, 0.3) is 11.1 Å². The predicted octanol–water partition coefficient (Wildman–Crippen LogP) is 0.440. The lowest BCUT2D eigenvalue weighted by molar-refractivity contribution is -0.199. The number of aliphatic hydroxyl groups is 1. The molecular weight excluding hydrogens is 861 g/mol. The van der Waals surface area contributed by atoms with E-state index in [1.54, 1.807) is 12.1 Å². The molecule has 1 heterocycles. The number of carbonyl (C=O) groups is 7. The van der Waals surface area contributed by atoms with Gasteiger partial charge < -0.3 is 63.5 Å². The molecule has 2 aromatic carbocycles. The van der Waals surface area contributed by atoms with E-state index >= 15 is 0 Å². The van der Waals surface area contributed by atoms with Crippen molar-refractivity contribution in [2.45, 2.75) is 141 Å². The second-order valence-corrected chi connectivity index (χ2v) is 18.9. The third-order valence-corrected chi connectivity index (χ3v) is 13.6. The van der Waals surface area contributed by atoms with Crippen LogP contribution in [0, 0.1) is 17.3 Å². The number of primary amides is 1. The summed E-state index contributed by atoms with van der Waals surface area (Å²) in [5.74, 6) is -4.74. The first-order valence-corrected chi connectivity index (χ1v) is 23.5. The van der Waals surface area contributed by atoms with E-state index < -0.39 is 85.0 Å². The SMILES string of the molecule is CCCCc1ccc(-c2ccc(C(=O)NCCC(=O)N[C@@H](CCCCN)C(=O)N[C@H](C(=O)N[C@@H](N)C(=O)N[C@@H](CC(N)=O)C(=O)NCB3OC4C[C@@H]5C[C@@H](C5(C)C)[C@]4(C)O3)C(C)O)cc2)cc1. The Balaban J connectivity index is 1.09. The third kappa shape index (κ3) is 13.6. The standard InChI is InChI=1S/C47H70BN9O10/c1-6-7-10-28-12-14-29(15-13-28)30-16-18-31(19-17-30)41(61)52-22-20-38(60)54-33(11-8-9-21-49)43(63)56-39(27(2)58)44(64)57-40(51)45(65)55-34(25-37(50)59)42(62)53-26-48-66-36-24-32-23-35(46(32,3)4)47(36,5)67-48/h12-19,27,32-36,39-40,58H,6-11,20-26,49,51H2,1-5H3,(H2,50,59)(H,52,61)(H,53,62)(H,54,60)(H,55,65)(H,56,63)(H,57,64)/t27?,32-,33-,34-,35-,36?,39-,40+,47-/m0/s1. The second kappa shape index (κ2) is 23.5. The zero-order valence-electron chi connectivity index (χ0n) is 39.4. The van der Waals surface area contributed by atoms with Crippen molar-refractivity contribution in [1.82, 2.24) is 31.9 Å². The summed E-state index contributed by atoms with van der Waals surface area (Å²) < 4.78 is 12.5. The predicted molar refractivity (Wildman–Crippen MR) is 251 cm³/mol. The summed E-state index contributed by atoms with van der Waals surface area (Å²) in [5.41, 5.74) is 20.3. The first kappa shape index (κ1) is 52.6. The summed E-state index contributed by atoms with van der Waals surface area (Å²) in [6, 6.07) is 11.2. The van der Waals surface area contributed by atoms with Crippen LogP contribution in [0.4, 0.5) is 0 Å². The molecule has 4 fully saturated rings. The topological polar surface area (TPSA) is 308 Å². The van der Waals surface area contributed by atoms with Crippen LogP contribution < -0.4 is 49.1 Å². The van der Waals surface area contributed by atoms with Crippen molar-refractivity contribution >= 4 is 48.5 Å². The van der Waals surface area contributed by atoms with Crippen molar-refractivity contribution in [3.63, 3.8) is 0 Å². The van der Waals surface area contributed by atoms with Crippen molar-refractivity contribution in [3.05, 3.63) is 59.7 Å². The molecule has 2 unspecified atom stereocenters. The molecule has 20 heteroatoms. The molecule has 1 aliphatic heterocycles. The average molecular weight is 932 g/mol. The molecule has 13 N–H and O–H groups in total. The minimum absolute atomic E-state index is 0.0357. The molecule has 2 bridgehead atoms. The molecule has 3 saturated carbocycles. The minimum atomic E-state index is -1.81. The molecular formula is C47H70BN9O10. The van der Waals surface area contributed by atoms with Gasteiger partial charge in [-0.1, -0.05) is 63.6 Å². The summed E-state index contributed by atoms with van der Waals surface area (Å²) in [6.07, 6.45) is 1.98. The fraction of sp³-hybridized carbons (Fsp3) is 0.596. The van der Waals surface area contributed by atoms with E-state index in [4.69, 9.17) is 26.5 Å². The number of hydrogen-bond acceptors (Lipinski definition) is 12. The summed E-state index contributed by atoms with van der Waals surface area (Å²) in [4.78, 5) is 91.2. The first-order chi connectivity index (χ1) is 31.8. The third-order valence-electron chi connectivity index (χ3n) is 13.6. The second-order valence-electron chi connectivity index (χ2n) is 18.9. The maximum absolute atomic E-state index is 13.6. The Morgan fingerprint density at radius 2 is 1.49 bits per heavy atom. The molecule has 2 aromatic rings. The number of nitrogens with one attached hydrogen (secondary N) is 6. The number of unbranched alkanes of at least 4 members (excludes halogenated alkanes) is 2. The number of rotatable bonds is 25. The molecule has 4 aliphatic rings. The zero-order valence-corrected chi connectivity index (χ0v) is 39.4. The molecule has 7 amide bonds. The van der Waals surface area contributed by atoms with Gasteiger partial charge in [0.05, 0.1) is 30.7 Å². The minimum Gasteiger partial charge on any atom is -0.404 e. The van der Waals surface area contributed by atoms with Crippen LogP contribution in [-0.2, 0) is 44.5 Å². The molecule has 19 nitrogen and oxygen atoms in total. The highest BCUT2D eigenvalue weighted by Crippen LogP contribution is 2.65. The highest BCUT2D eigenvalue weighted by Gasteiger charge is 2.67. The van der Waals surface area contributed by atoms with E-state index in [2.05, 4.69) is 76.9 Å². The summed E-state index contributed by atoms with van der Waals surface area (Å²) in [6.45, 7) is 10.2. The lowest BCUT2D eigenvalue weighted by atomic mass is 9.43. The van der Waals surface area contributed by atoms with E-state index in [-0.39, 0.29) is 43.3 Å². The van der Waals surface area contributed by atoms with Crippen molar-refractivity contribution in [1.29, 1.82) is 0 Å². The van der Waals surface area contributed by atoms with Crippen molar-refractivity contribution in [3.8, 4) is 11.1 Å². The van der Waals surface area contributed by atoms with Gasteiger partial charge in [-0.05, 0) is 111 Å². The molecule has 3 aliphatic carbocycles. The summed E-state index contributed by atoms with van der Waals surface area (Å²) in [5, 5.41) is 25.5. The van der Waals surface area contributed by atoms with Gasteiger partial charge in [-0.15, -0.1) is 0 Å². The Kier molecular flexibility index (Phi) is 18.5. The molecule has 67 heavy (non-hydrogen) atoms. The summed E-state index contributed by atoms with van der Waals surface area (Å²) >= 11 is 0. The quantitative estimate of drug-likeness (QED) is 0.0369. The number of benzene rings is 2. The Labute approximate surface area is 393 Å². The van der Waals surface area contributed by atoms with Crippen molar-refractivity contribution < 1.29 is 48.0 Å². The maximum atomic E-state index is 13.6. The van der Waals surface area contributed by atoms with Crippen LogP contribution in [0.5, 0.6) is 0 Å². The van der Waals surface area contributed by atoms with Gasteiger partial charge in [-0.25, -0.2) is 0 Å². The maximum Gasteiger partial charge on any atom is 0.478 e. The van der Waals surface area contributed by atoms with Gasteiger partial charge in [-0.3, -0.25) is 33.6 Å². The van der Waals surface area contributed by atoms with Gasteiger partial charge >= 0.3 is 7.12 Å². The molecule has 1 saturated heterocycles. The molecule has 6 rings (SSSR count). The summed E-state index contributed by atoms with van der Waals surface area (Å²) in [7, 11) is -0.756. The Morgan fingerprint density at radius 3 is 2.10 bits per heavy atom. The average Bonchev–Trinajstić information content (AvgIpc) is 3.64. The van der Waals surface area contributed by atoms with Crippen molar-refractivity contribution in [2.75, 3.05) is 19.5 Å². The van der Waals surface area contributed by atoms with E-state index in [0.717, 1.165) is 43.2 Å². The van der Waals surface area contributed by atoms with Crippen LogP contribution in [0.1, 0.15) is 108 Å². The van der Waals surface area contributed by atoms with Crippen LogP contribution in [0.2, 0.25) is 0 Å². The van der Waals surface area contributed by atoms with Crippen LogP contribution in [-0.4, -0.2) is 115 Å². The Hall–Kier alpha value is -5.41. The molecule has 0 radical (unpaired) electrons. The van der Waals surface area contributed by atoms with Crippen LogP contribution in [0.15, 0.2) is 48.5 Å². The lowest BCUT2D eigenvalue weighted by Crippen LogP contribution is -2.65. The largest absolute Gasteiger partial charge is 0.478 e. The van der Waals surface area contributed by atoms with Gasteiger partial charge in [-0.2, -0.15) is 0 Å². The number of aryl methyl sites for hydroxylation is 1. The zero-order chi connectivity index (χ0) is 49.1. The monoisotopic (exact) mass is 932 g/mol. The molecule has 0 aromatic heterocycles. The van der Waals surface area contributed by atoms with E-state index in [1.165, 1.54) is 12.5 Å². The fourth-order valence-electron chi connectivity index (χ4n) is 9.46. The Bertz CT molecular complexity index is 2070. The van der Waals surface area contributed by atoms with Gasteiger partial charge in [0, 0.05) is 18.5 Å². The lowest BCUT2D eigenvalue weighted by Gasteiger charge is -2.64. The van der Waals surface area contributed by atoms with Crippen molar-refractivity contribution in [2.24, 2.45) is 34.5 Å². The Morgan fingerprint density at radius 1 is 0.821 bits per heavy atom. The smallest absolute Gasteiger partial charge is 0.404 e. The van der Waals surface area contributed by atoms with Gasteiger partial charge in [0.25, 0.3) is 11.8 Å². The fourth-order valence-corrected chi connectivity index (χ4v) is 9.46. The highest BCUT2D eigenvalue weighted by molar-refractivity contribution is 6.46. The number of aliphatic hydroxyl groups excluding tert-OH is 1. The normalized spacial score (nSPS) is 22.3. The molecule has 366 valence electrons. The van der Waals surface area contributed by atoms with Gasteiger partial charge in [0.2, 0.25) is 29.5 Å². The van der Waals surface area contributed by atoms with E-state index in [0.29, 0.717) is 36.8 Å². The number of hydrogen-bond donors (Lipinski definition) is 10. The van der Waals surface area contributed by atoms with Gasteiger partial charge in [0.1, 0.15) is 18.1 Å². The van der Waals surface area contributed by atoms with Gasteiger partial charge in [0.15, 0.2) is 6.17 Å². The first-order valence-electron chi connectivity index (χ1n) is 23.5.